The number of rotatable bonds is 2. The number of nitrogens with one attached hydrogen (secondary N) is 1. The number of hydrogen-bond donors (Lipinski definition) is 1. The summed E-state index contributed by atoms with van der Waals surface area (Å²) < 4.78 is 6.39. The molecule has 0 saturated carbocycles. The molecule has 0 spiro atoms. The number of nitrogens with zero attached hydrogens (tertiary/aromatic N) is 3. The van der Waals surface area contributed by atoms with Gasteiger partial charge in [0.05, 0.1) is 11.9 Å². The number of thiophene rings is 1. The van der Waals surface area contributed by atoms with E-state index in [1.54, 1.807) is 6.07 Å². The van der Waals surface area contributed by atoms with Crippen LogP contribution in [0.25, 0.3) is 10.2 Å². The zero-order valence-electron chi connectivity index (χ0n) is 8.41. The summed E-state index contributed by atoms with van der Waals surface area (Å²) in [6.07, 6.45) is 1.22. The van der Waals surface area contributed by atoms with Crippen LogP contribution in [-0.2, 0) is 6.54 Å². The molecule has 0 fully saturated rings. The maximum atomic E-state index is 12.1. The van der Waals surface area contributed by atoms with Crippen molar-refractivity contribution in [3.8, 4) is 0 Å². The van der Waals surface area contributed by atoms with Gasteiger partial charge < -0.3 is 9.51 Å². The minimum absolute atomic E-state index is 0.144. The molecule has 8 heteroatoms. The summed E-state index contributed by atoms with van der Waals surface area (Å²) in [7, 11) is 0. The Labute approximate surface area is 104 Å². The van der Waals surface area contributed by atoms with Crippen LogP contribution in [-0.4, -0.2) is 19.7 Å². The monoisotopic (exact) mass is 266 g/mol. The van der Waals surface area contributed by atoms with Crippen molar-refractivity contribution in [3.63, 3.8) is 0 Å². The van der Waals surface area contributed by atoms with Crippen molar-refractivity contribution in [2.45, 2.75) is 6.54 Å². The summed E-state index contributed by atoms with van der Waals surface area (Å²) in [4.78, 5) is 19.8. The predicted molar refractivity (Wildman–Crippen MR) is 64.7 cm³/mol. The molecule has 86 valence electrons. The highest BCUT2D eigenvalue weighted by atomic mass is 32.1. The summed E-state index contributed by atoms with van der Waals surface area (Å²) in [5, 5.41) is 6.12. The van der Waals surface area contributed by atoms with Crippen molar-refractivity contribution in [3.05, 3.63) is 38.8 Å². The molecule has 0 bridgehead atoms. The zero-order valence-corrected chi connectivity index (χ0v) is 10.0. The molecular formula is C9H6N4O2S2. The van der Waals surface area contributed by atoms with Gasteiger partial charge in [0.1, 0.15) is 4.83 Å². The molecular weight excluding hydrogens is 260 g/mol. The van der Waals surface area contributed by atoms with Crippen molar-refractivity contribution in [2.24, 2.45) is 0 Å². The summed E-state index contributed by atoms with van der Waals surface area (Å²) in [5.41, 5.74) is -0.144. The Morgan fingerprint density at radius 1 is 1.59 bits per heavy atom. The maximum Gasteiger partial charge on any atom is 0.263 e. The summed E-state index contributed by atoms with van der Waals surface area (Å²) >= 11 is 6.58. The fourth-order valence-electron chi connectivity index (χ4n) is 1.52. The molecule has 0 aliphatic heterocycles. The molecule has 0 saturated heterocycles. The van der Waals surface area contributed by atoms with E-state index in [1.165, 1.54) is 22.3 Å². The fraction of sp³-hybridized carbons (Fsp3) is 0.111. The normalized spacial score (nSPS) is 11.1. The van der Waals surface area contributed by atoms with Crippen molar-refractivity contribution in [2.75, 3.05) is 0 Å². The second kappa shape index (κ2) is 3.90. The molecule has 0 aliphatic rings. The van der Waals surface area contributed by atoms with Gasteiger partial charge >= 0.3 is 0 Å². The molecule has 1 N–H and O–H groups in total. The van der Waals surface area contributed by atoms with Crippen molar-refractivity contribution in [1.29, 1.82) is 0 Å². The lowest BCUT2D eigenvalue weighted by Crippen LogP contribution is -2.22. The Bertz CT molecular complexity index is 768. The lowest BCUT2D eigenvalue weighted by atomic mass is 10.4. The first-order chi connectivity index (χ1) is 8.25. The van der Waals surface area contributed by atoms with Crippen LogP contribution in [0.5, 0.6) is 0 Å². The Morgan fingerprint density at radius 2 is 2.47 bits per heavy atom. The third-order valence-electron chi connectivity index (χ3n) is 2.31. The van der Waals surface area contributed by atoms with Gasteiger partial charge in [0, 0.05) is 0 Å². The Kier molecular flexibility index (Phi) is 2.37. The van der Waals surface area contributed by atoms with E-state index in [9.17, 15) is 4.79 Å². The van der Waals surface area contributed by atoms with Crippen LogP contribution in [0.1, 0.15) is 5.82 Å². The van der Waals surface area contributed by atoms with E-state index in [2.05, 4.69) is 19.6 Å². The Balaban J connectivity index is 2.22. The molecule has 17 heavy (non-hydrogen) atoms. The van der Waals surface area contributed by atoms with Gasteiger partial charge in [0.2, 0.25) is 6.39 Å². The quantitative estimate of drug-likeness (QED) is 0.712. The van der Waals surface area contributed by atoms with E-state index >= 15 is 0 Å². The van der Waals surface area contributed by atoms with Gasteiger partial charge in [-0.05, 0) is 23.7 Å². The molecule has 0 amide bonds. The number of hydrogen-bond acceptors (Lipinski definition) is 6. The van der Waals surface area contributed by atoms with Crippen LogP contribution in [0.2, 0.25) is 0 Å². The third kappa shape index (κ3) is 1.71. The molecule has 3 heterocycles. The summed E-state index contributed by atoms with van der Waals surface area (Å²) in [6, 6.07) is 1.76. The predicted octanol–water partition coefficient (Wildman–Crippen LogP) is 1.55. The SMILES string of the molecule is O=c1c2ccsc2[nH]c(=S)n1Cc1ncon1. The van der Waals surface area contributed by atoms with Crippen molar-refractivity contribution in [1.82, 2.24) is 19.7 Å². The smallest absolute Gasteiger partial charge is 0.263 e. The Morgan fingerprint density at radius 3 is 3.24 bits per heavy atom. The molecule has 0 aromatic carbocycles. The topological polar surface area (TPSA) is 76.7 Å². The first kappa shape index (κ1) is 10.4. The second-order valence-electron chi connectivity index (χ2n) is 3.33. The molecule has 3 aromatic heterocycles. The van der Waals surface area contributed by atoms with Crippen LogP contribution in [0.15, 0.2) is 27.2 Å². The van der Waals surface area contributed by atoms with Gasteiger partial charge in [-0.25, -0.2) is 0 Å². The molecule has 6 nitrogen and oxygen atoms in total. The number of fused-ring (bicyclic) bond motifs is 1. The van der Waals surface area contributed by atoms with Gasteiger partial charge in [0.25, 0.3) is 5.56 Å². The lowest BCUT2D eigenvalue weighted by molar-refractivity contribution is 0.407. The maximum absolute atomic E-state index is 12.1. The first-order valence-electron chi connectivity index (χ1n) is 4.71. The van der Waals surface area contributed by atoms with E-state index in [0.717, 1.165) is 4.83 Å². The third-order valence-corrected chi connectivity index (χ3v) is 3.47. The lowest BCUT2D eigenvalue weighted by Gasteiger charge is -2.02. The van der Waals surface area contributed by atoms with Crippen LogP contribution >= 0.6 is 23.6 Å². The number of aromatic nitrogens is 4. The minimum Gasteiger partial charge on any atom is -0.343 e. The second-order valence-corrected chi connectivity index (χ2v) is 4.64. The zero-order chi connectivity index (χ0) is 11.8. The summed E-state index contributed by atoms with van der Waals surface area (Å²) in [5.74, 6) is 0.418. The number of H-pyrrole nitrogens is 1. The van der Waals surface area contributed by atoms with Crippen molar-refractivity contribution < 1.29 is 4.52 Å². The van der Waals surface area contributed by atoms with Gasteiger partial charge in [-0.3, -0.25) is 9.36 Å². The van der Waals surface area contributed by atoms with Crippen LogP contribution in [0.3, 0.4) is 0 Å². The molecule has 0 aliphatic carbocycles. The highest BCUT2D eigenvalue weighted by Gasteiger charge is 2.08. The van der Waals surface area contributed by atoms with E-state index in [0.29, 0.717) is 16.0 Å². The minimum atomic E-state index is -0.144. The molecule has 0 unspecified atom stereocenters. The van der Waals surface area contributed by atoms with Crippen molar-refractivity contribution >= 4 is 33.8 Å². The van der Waals surface area contributed by atoms with Gasteiger partial charge in [-0.15, -0.1) is 11.3 Å². The molecule has 3 rings (SSSR count). The molecule has 0 radical (unpaired) electrons. The van der Waals surface area contributed by atoms with Crippen LogP contribution in [0.4, 0.5) is 0 Å². The van der Waals surface area contributed by atoms with Gasteiger partial charge in [-0.2, -0.15) is 4.98 Å². The average molecular weight is 266 g/mol. The highest BCUT2D eigenvalue weighted by Crippen LogP contribution is 2.14. The molecule has 3 aromatic rings. The van der Waals surface area contributed by atoms with Gasteiger partial charge in [0.15, 0.2) is 10.6 Å². The fourth-order valence-corrected chi connectivity index (χ4v) is 2.62. The average Bonchev–Trinajstić information content (AvgIpc) is 2.94. The largest absolute Gasteiger partial charge is 0.343 e. The van der Waals surface area contributed by atoms with E-state index in [1.807, 2.05) is 5.38 Å². The highest BCUT2D eigenvalue weighted by molar-refractivity contribution is 7.71. The Hall–Kier alpha value is -1.80. The first-order valence-corrected chi connectivity index (χ1v) is 6.00. The van der Waals surface area contributed by atoms with E-state index in [4.69, 9.17) is 12.2 Å². The van der Waals surface area contributed by atoms with E-state index < -0.39 is 0 Å². The van der Waals surface area contributed by atoms with Gasteiger partial charge in [-0.1, -0.05) is 5.16 Å². The molecule has 0 atom stereocenters. The number of aromatic amines is 1. The summed E-state index contributed by atoms with van der Waals surface area (Å²) in [6.45, 7) is 0.205. The van der Waals surface area contributed by atoms with Crippen LogP contribution < -0.4 is 5.56 Å². The standard InChI is InChI=1S/C9H6N4O2S2/c14-8-5-1-2-17-7(5)11-9(16)13(8)3-6-10-4-15-12-6/h1-2,4H,3H2,(H,11,16). The van der Waals surface area contributed by atoms with E-state index in [-0.39, 0.29) is 12.1 Å². The van der Waals surface area contributed by atoms with Crippen LogP contribution in [0, 0.1) is 4.77 Å².